The molecule has 0 fully saturated rings. The van der Waals surface area contributed by atoms with Crippen LogP contribution in [0.25, 0.3) is 0 Å². The van der Waals surface area contributed by atoms with Gasteiger partial charge in [0.1, 0.15) is 0 Å². The average molecular weight is 311 g/mol. The van der Waals surface area contributed by atoms with Gasteiger partial charge < -0.3 is 5.11 Å². The van der Waals surface area contributed by atoms with Crippen LogP contribution in [0.2, 0.25) is 0 Å². The Morgan fingerprint density at radius 3 is 2.43 bits per heavy atom. The first kappa shape index (κ1) is 16.0. The molecule has 2 rings (SSSR count). The van der Waals surface area contributed by atoms with Gasteiger partial charge in [-0.15, -0.1) is 0 Å². The van der Waals surface area contributed by atoms with Gasteiger partial charge in [0.15, 0.2) is 0 Å². The molecule has 0 saturated carbocycles. The molecule has 1 heterocycles. The van der Waals surface area contributed by atoms with Gasteiger partial charge in [0, 0.05) is 0 Å². The lowest BCUT2D eigenvalue weighted by Crippen LogP contribution is -2.52. The van der Waals surface area contributed by atoms with Crippen molar-refractivity contribution in [3.8, 4) is 0 Å². The quantitative estimate of drug-likeness (QED) is 0.915. The second-order valence-corrected chi connectivity index (χ2v) is 7.69. The Hall–Kier alpha value is -1.40. The minimum atomic E-state index is -3.91. The first-order chi connectivity index (χ1) is 9.70. The minimum absolute atomic E-state index is 0.0559. The Bertz CT molecular complexity index is 679. The molecule has 0 bridgehead atoms. The Morgan fingerprint density at radius 2 is 1.90 bits per heavy atom. The predicted octanol–water partition coefficient (Wildman–Crippen LogP) is 1.39. The summed E-state index contributed by atoms with van der Waals surface area (Å²) in [5.74, 6) is -0.624. The second-order valence-electron chi connectivity index (χ2n) is 5.94. The summed E-state index contributed by atoms with van der Waals surface area (Å²) in [4.78, 5) is 12.6. The SMILES string of the molecule is Cc1cc(C)c2c(c1)CC(=O)N([C@H](CO)C(C)C)S2(=O)=O. The van der Waals surface area contributed by atoms with Gasteiger partial charge in [-0.3, -0.25) is 4.79 Å². The standard InChI is InChI=1S/C15H21NO4S/c1-9(2)13(8-17)16-14(18)7-12-6-10(3)5-11(4)15(12)21(16,19)20/h5-6,9,13,17H,7-8H2,1-4H3/t13-/m1/s1. The molecule has 116 valence electrons. The van der Waals surface area contributed by atoms with Crippen LogP contribution in [-0.4, -0.2) is 36.4 Å². The lowest BCUT2D eigenvalue weighted by Gasteiger charge is -2.36. The lowest BCUT2D eigenvalue weighted by molar-refractivity contribution is -0.129. The molecular formula is C15H21NO4S. The summed E-state index contributed by atoms with van der Waals surface area (Å²) in [6.45, 7) is 6.83. The molecule has 1 amide bonds. The second kappa shape index (κ2) is 5.42. The van der Waals surface area contributed by atoms with Gasteiger partial charge in [-0.05, 0) is 30.9 Å². The third kappa shape index (κ3) is 2.58. The van der Waals surface area contributed by atoms with Crippen LogP contribution in [-0.2, 0) is 21.2 Å². The summed E-state index contributed by atoms with van der Waals surface area (Å²) in [6.07, 6.45) is 0.0559. The number of carbonyl (C=O) groups is 1. The van der Waals surface area contributed by atoms with E-state index in [1.807, 2.05) is 6.92 Å². The van der Waals surface area contributed by atoms with Gasteiger partial charge in [0.05, 0.1) is 24.0 Å². The Labute approximate surface area is 125 Å². The van der Waals surface area contributed by atoms with Crippen LogP contribution in [0.5, 0.6) is 0 Å². The number of hydrogen-bond acceptors (Lipinski definition) is 4. The molecule has 1 aromatic rings. The number of benzene rings is 1. The average Bonchev–Trinajstić information content (AvgIpc) is 2.31. The third-order valence-electron chi connectivity index (χ3n) is 3.86. The molecule has 0 unspecified atom stereocenters. The van der Waals surface area contributed by atoms with Gasteiger partial charge in [0.2, 0.25) is 5.91 Å². The maximum absolute atomic E-state index is 12.8. The zero-order valence-electron chi connectivity index (χ0n) is 12.8. The van der Waals surface area contributed by atoms with Crippen LogP contribution >= 0.6 is 0 Å². The summed E-state index contributed by atoms with van der Waals surface area (Å²) < 4.78 is 26.6. The van der Waals surface area contributed by atoms with Gasteiger partial charge >= 0.3 is 0 Å². The van der Waals surface area contributed by atoms with E-state index in [0.717, 1.165) is 9.87 Å². The Kier molecular flexibility index (Phi) is 4.13. The van der Waals surface area contributed by atoms with Crippen molar-refractivity contribution in [1.29, 1.82) is 0 Å². The molecule has 1 aromatic carbocycles. The van der Waals surface area contributed by atoms with Gasteiger partial charge in [-0.1, -0.05) is 31.5 Å². The number of rotatable bonds is 3. The zero-order valence-corrected chi connectivity index (χ0v) is 13.6. The highest BCUT2D eigenvalue weighted by Crippen LogP contribution is 2.33. The lowest BCUT2D eigenvalue weighted by atomic mass is 10.0. The van der Waals surface area contributed by atoms with Gasteiger partial charge in [0.25, 0.3) is 10.0 Å². The van der Waals surface area contributed by atoms with E-state index in [4.69, 9.17) is 0 Å². The van der Waals surface area contributed by atoms with Crippen molar-refractivity contribution in [1.82, 2.24) is 4.31 Å². The van der Waals surface area contributed by atoms with Gasteiger partial charge in [-0.25, -0.2) is 12.7 Å². The van der Waals surface area contributed by atoms with Crippen LogP contribution in [0.4, 0.5) is 0 Å². The molecule has 5 nitrogen and oxygen atoms in total. The molecule has 0 radical (unpaired) electrons. The van der Waals surface area contributed by atoms with Crippen LogP contribution < -0.4 is 0 Å². The van der Waals surface area contributed by atoms with Crippen LogP contribution in [0, 0.1) is 19.8 Å². The number of hydrogen-bond donors (Lipinski definition) is 1. The molecule has 0 aliphatic carbocycles. The third-order valence-corrected chi connectivity index (χ3v) is 5.95. The molecule has 0 saturated heterocycles. The van der Waals surface area contributed by atoms with Gasteiger partial charge in [-0.2, -0.15) is 0 Å². The van der Waals surface area contributed by atoms with E-state index in [-0.39, 0.29) is 23.8 Å². The molecule has 21 heavy (non-hydrogen) atoms. The summed E-state index contributed by atoms with van der Waals surface area (Å²) in [5, 5.41) is 9.50. The maximum atomic E-state index is 12.8. The fraction of sp³-hybridized carbons (Fsp3) is 0.533. The molecule has 0 aromatic heterocycles. The summed E-state index contributed by atoms with van der Waals surface area (Å²) in [6, 6.07) is 2.82. The van der Waals surface area contributed by atoms with Crippen molar-refractivity contribution < 1.29 is 18.3 Å². The normalized spacial score (nSPS) is 18.8. The Morgan fingerprint density at radius 1 is 1.29 bits per heavy atom. The first-order valence-electron chi connectivity index (χ1n) is 6.98. The molecule has 1 aliphatic rings. The number of fused-ring (bicyclic) bond motifs is 1. The van der Waals surface area contributed by atoms with Crippen LogP contribution in [0.15, 0.2) is 17.0 Å². The van der Waals surface area contributed by atoms with E-state index in [1.54, 1.807) is 32.9 Å². The summed E-state index contributed by atoms with van der Waals surface area (Å²) in [5.41, 5.74) is 2.13. The highest BCUT2D eigenvalue weighted by atomic mass is 32.2. The van der Waals surface area contributed by atoms with Crippen molar-refractivity contribution in [2.75, 3.05) is 6.61 Å². The van der Waals surface area contributed by atoms with E-state index in [9.17, 15) is 18.3 Å². The zero-order chi connectivity index (χ0) is 15.9. The van der Waals surface area contributed by atoms with Crippen molar-refractivity contribution >= 4 is 15.9 Å². The fourth-order valence-corrected chi connectivity index (χ4v) is 5.06. The van der Waals surface area contributed by atoms with Crippen molar-refractivity contribution in [3.63, 3.8) is 0 Å². The molecular weight excluding hydrogens is 290 g/mol. The monoisotopic (exact) mass is 311 g/mol. The van der Waals surface area contributed by atoms with Crippen molar-refractivity contribution in [3.05, 3.63) is 28.8 Å². The number of sulfonamides is 1. The largest absolute Gasteiger partial charge is 0.394 e. The molecule has 1 N–H and O–H groups in total. The number of aliphatic hydroxyl groups excluding tert-OH is 1. The molecule has 0 spiro atoms. The highest BCUT2D eigenvalue weighted by Gasteiger charge is 2.42. The maximum Gasteiger partial charge on any atom is 0.267 e. The minimum Gasteiger partial charge on any atom is -0.394 e. The van der Waals surface area contributed by atoms with Crippen molar-refractivity contribution in [2.45, 2.75) is 45.1 Å². The van der Waals surface area contributed by atoms with E-state index in [0.29, 0.717) is 11.1 Å². The van der Waals surface area contributed by atoms with E-state index in [2.05, 4.69) is 0 Å². The van der Waals surface area contributed by atoms with Crippen LogP contribution in [0.1, 0.15) is 30.5 Å². The number of amides is 1. The smallest absolute Gasteiger partial charge is 0.267 e. The highest BCUT2D eigenvalue weighted by molar-refractivity contribution is 7.90. The predicted molar refractivity (Wildman–Crippen MR) is 79.4 cm³/mol. The number of aliphatic hydroxyl groups is 1. The van der Waals surface area contributed by atoms with E-state index >= 15 is 0 Å². The Balaban J connectivity index is 2.66. The number of nitrogens with zero attached hydrogens (tertiary/aromatic N) is 1. The van der Waals surface area contributed by atoms with E-state index in [1.165, 1.54) is 0 Å². The topological polar surface area (TPSA) is 74.7 Å². The summed E-state index contributed by atoms with van der Waals surface area (Å²) >= 11 is 0. The number of carbonyl (C=O) groups excluding carboxylic acids is 1. The molecule has 1 atom stereocenters. The molecule has 6 heteroatoms. The van der Waals surface area contributed by atoms with E-state index < -0.39 is 22.0 Å². The van der Waals surface area contributed by atoms with Crippen LogP contribution in [0.3, 0.4) is 0 Å². The van der Waals surface area contributed by atoms with Crippen molar-refractivity contribution in [2.24, 2.45) is 5.92 Å². The summed E-state index contributed by atoms with van der Waals surface area (Å²) in [7, 11) is -3.91. The number of aryl methyl sites for hydroxylation is 2. The fourth-order valence-electron chi connectivity index (χ4n) is 2.93. The first-order valence-corrected chi connectivity index (χ1v) is 8.42. The molecule has 1 aliphatic heterocycles.